The van der Waals surface area contributed by atoms with Crippen LogP contribution in [0.2, 0.25) is 0 Å². The minimum Gasteiger partial charge on any atom is -0.393 e. The molecule has 8 nitrogen and oxygen atoms in total. The third-order valence-electron chi connectivity index (χ3n) is 3.90. The fourth-order valence-corrected chi connectivity index (χ4v) is 2.87. The maximum atomic E-state index is 12.3. The van der Waals surface area contributed by atoms with E-state index in [0.29, 0.717) is 6.54 Å². The van der Waals surface area contributed by atoms with Crippen molar-refractivity contribution in [2.45, 2.75) is 0 Å². The molecule has 3 rings (SSSR count). The van der Waals surface area contributed by atoms with E-state index in [1.165, 1.54) is 6.07 Å². The van der Waals surface area contributed by atoms with Crippen molar-refractivity contribution in [2.75, 3.05) is 32.4 Å². The van der Waals surface area contributed by atoms with Crippen LogP contribution in [-0.2, 0) is 0 Å². The Morgan fingerprint density at radius 1 is 1.29 bits per heavy atom. The van der Waals surface area contributed by atoms with Gasteiger partial charge in [0.1, 0.15) is 5.69 Å². The maximum absolute atomic E-state index is 12.3. The Morgan fingerprint density at radius 2 is 1.86 bits per heavy atom. The predicted molar refractivity (Wildman–Crippen MR) is 73.9 cm³/mol. The Morgan fingerprint density at radius 3 is 2.38 bits per heavy atom. The molecule has 0 aliphatic carbocycles. The van der Waals surface area contributed by atoms with Crippen LogP contribution in [0.25, 0.3) is 0 Å². The summed E-state index contributed by atoms with van der Waals surface area (Å²) in [5.74, 6) is -0.650. The average Bonchev–Trinajstić information content (AvgIpc) is 2.60. The first-order valence-electron chi connectivity index (χ1n) is 6.51. The summed E-state index contributed by atoms with van der Waals surface area (Å²) in [5, 5.41) is 10.9. The van der Waals surface area contributed by atoms with Crippen molar-refractivity contribution in [3.8, 4) is 0 Å². The van der Waals surface area contributed by atoms with Gasteiger partial charge in [-0.3, -0.25) is 24.6 Å². The molecule has 1 fully saturated rings. The Balaban J connectivity index is 1.91. The second-order valence-electron chi connectivity index (χ2n) is 5.52. The van der Waals surface area contributed by atoms with Gasteiger partial charge in [0, 0.05) is 31.6 Å². The van der Waals surface area contributed by atoms with Crippen LogP contribution < -0.4 is 5.73 Å². The smallest absolute Gasteiger partial charge is 0.292 e. The molecular weight excluding hydrogens is 276 g/mol. The van der Waals surface area contributed by atoms with Crippen molar-refractivity contribution in [3.63, 3.8) is 0 Å². The summed E-state index contributed by atoms with van der Waals surface area (Å²) in [4.78, 5) is 38.0. The largest absolute Gasteiger partial charge is 0.393 e. The van der Waals surface area contributed by atoms with E-state index >= 15 is 0 Å². The number of fused-ring (bicyclic) bond motifs is 1. The molecule has 0 radical (unpaired) electrons. The number of amides is 2. The molecule has 2 aliphatic rings. The SMILES string of the molecule is CN1CC(CN2C(=O)c3cc(N)c([N+](=O)[O-])cc3C2=O)C1. The standard InChI is InChI=1S/C13H14N4O4/c1-15-4-7(5-15)6-16-12(18)8-2-10(14)11(17(20)21)3-9(8)13(16)19/h2-3,7H,4-6,14H2,1H3. The van der Waals surface area contributed by atoms with Crippen molar-refractivity contribution < 1.29 is 14.5 Å². The molecular formula is C13H14N4O4. The van der Waals surface area contributed by atoms with Crippen LogP contribution >= 0.6 is 0 Å². The quantitative estimate of drug-likeness (QED) is 0.372. The molecule has 2 heterocycles. The van der Waals surface area contributed by atoms with Crippen LogP contribution in [0, 0.1) is 16.0 Å². The number of rotatable bonds is 3. The number of nitrogen functional groups attached to an aromatic ring is 1. The fraction of sp³-hybridized carbons (Fsp3) is 0.385. The van der Waals surface area contributed by atoms with Gasteiger partial charge < -0.3 is 10.6 Å². The van der Waals surface area contributed by atoms with E-state index in [1.807, 2.05) is 7.05 Å². The van der Waals surface area contributed by atoms with E-state index < -0.39 is 16.7 Å². The molecule has 2 amide bonds. The molecule has 1 saturated heterocycles. The molecule has 0 atom stereocenters. The van der Waals surface area contributed by atoms with E-state index in [9.17, 15) is 19.7 Å². The predicted octanol–water partition coefficient (Wildman–Crippen LogP) is 0.335. The number of nitrogens with two attached hydrogens (primary N) is 1. The van der Waals surface area contributed by atoms with Gasteiger partial charge in [-0.15, -0.1) is 0 Å². The first kappa shape index (κ1) is 13.5. The highest BCUT2D eigenvalue weighted by atomic mass is 16.6. The van der Waals surface area contributed by atoms with Gasteiger partial charge in [0.05, 0.1) is 16.1 Å². The Labute approximate surface area is 120 Å². The maximum Gasteiger partial charge on any atom is 0.292 e. The van der Waals surface area contributed by atoms with Crippen LogP contribution in [0.5, 0.6) is 0 Å². The molecule has 8 heteroatoms. The third kappa shape index (κ3) is 2.04. The first-order valence-corrected chi connectivity index (χ1v) is 6.51. The van der Waals surface area contributed by atoms with Crippen LogP contribution in [0.3, 0.4) is 0 Å². The number of anilines is 1. The fourth-order valence-electron chi connectivity index (χ4n) is 2.87. The number of nitro groups is 1. The molecule has 21 heavy (non-hydrogen) atoms. The number of imide groups is 1. The number of carbonyl (C=O) groups excluding carboxylic acids is 2. The normalized spacial score (nSPS) is 18.8. The summed E-state index contributed by atoms with van der Waals surface area (Å²) in [5.41, 5.74) is 5.33. The van der Waals surface area contributed by atoms with E-state index in [2.05, 4.69) is 4.90 Å². The number of nitrogens with zero attached hydrogens (tertiary/aromatic N) is 3. The Hall–Kier alpha value is -2.48. The lowest BCUT2D eigenvalue weighted by Crippen LogP contribution is -2.50. The summed E-state index contributed by atoms with van der Waals surface area (Å²) in [7, 11) is 1.96. The topological polar surface area (TPSA) is 110 Å². The highest BCUT2D eigenvalue weighted by Crippen LogP contribution is 2.32. The van der Waals surface area contributed by atoms with Gasteiger partial charge in [-0.1, -0.05) is 0 Å². The zero-order chi connectivity index (χ0) is 15.3. The van der Waals surface area contributed by atoms with Crippen molar-refractivity contribution in [2.24, 2.45) is 5.92 Å². The van der Waals surface area contributed by atoms with Gasteiger partial charge in [-0.25, -0.2) is 0 Å². The number of hydrogen-bond acceptors (Lipinski definition) is 6. The minimum atomic E-state index is -0.656. The van der Waals surface area contributed by atoms with Crippen molar-refractivity contribution in [1.29, 1.82) is 0 Å². The summed E-state index contributed by atoms with van der Waals surface area (Å²) in [6.07, 6.45) is 0. The average molecular weight is 290 g/mol. The highest BCUT2D eigenvalue weighted by Gasteiger charge is 2.40. The number of nitro benzene ring substituents is 1. The van der Waals surface area contributed by atoms with E-state index in [4.69, 9.17) is 5.73 Å². The zero-order valence-electron chi connectivity index (χ0n) is 11.4. The molecule has 1 aromatic rings. The Bertz CT molecular complexity index is 666. The molecule has 1 aromatic carbocycles. The van der Waals surface area contributed by atoms with Crippen molar-refractivity contribution >= 4 is 23.2 Å². The minimum absolute atomic E-state index is 0.0635. The lowest BCUT2D eigenvalue weighted by atomic mass is 10.0. The lowest BCUT2D eigenvalue weighted by Gasteiger charge is -2.37. The molecule has 0 unspecified atom stereocenters. The molecule has 0 saturated carbocycles. The van der Waals surface area contributed by atoms with E-state index in [1.54, 1.807) is 0 Å². The zero-order valence-corrected chi connectivity index (χ0v) is 11.4. The van der Waals surface area contributed by atoms with Crippen LogP contribution in [0.1, 0.15) is 20.7 Å². The van der Waals surface area contributed by atoms with Crippen molar-refractivity contribution in [3.05, 3.63) is 33.4 Å². The van der Waals surface area contributed by atoms with Gasteiger partial charge in [0.2, 0.25) is 0 Å². The van der Waals surface area contributed by atoms with Crippen LogP contribution in [-0.4, -0.2) is 53.2 Å². The second kappa shape index (κ2) is 4.52. The number of hydrogen-bond donors (Lipinski definition) is 1. The number of likely N-dealkylation sites (tertiary alicyclic amines) is 1. The summed E-state index contributed by atoms with van der Waals surface area (Å²) in [6.45, 7) is 2.00. The van der Waals surface area contributed by atoms with Gasteiger partial charge in [-0.2, -0.15) is 0 Å². The van der Waals surface area contributed by atoms with Crippen molar-refractivity contribution in [1.82, 2.24) is 9.80 Å². The highest BCUT2D eigenvalue weighted by molar-refractivity contribution is 6.22. The Kier molecular flexibility index (Phi) is 2.91. The molecule has 2 N–H and O–H groups in total. The molecule has 0 bridgehead atoms. The van der Waals surface area contributed by atoms with Crippen LogP contribution in [0.15, 0.2) is 12.1 Å². The summed E-state index contributed by atoms with van der Waals surface area (Å²) >= 11 is 0. The number of benzene rings is 1. The third-order valence-corrected chi connectivity index (χ3v) is 3.90. The van der Waals surface area contributed by atoms with Gasteiger partial charge in [0.15, 0.2) is 0 Å². The summed E-state index contributed by atoms with van der Waals surface area (Å²) < 4.78 is 0. The lowest BCUT2D eigenvalue weighted by molar-refractivity contribution is -0.383. The second-order valence-corrected chi connectivity index (χ2v) is 5.52. The first-order chi connectivity index (χ1) is 9.88. The van der Waals surface area contributed by atoms with Gasteiger partial charge >= 0.3 is 0 Å². The van der Waals surface area contributed by atoms with Gasteiger partial charge in [0.25, 0.3) is 17.5 Å². The van der Waals surface area contributed by atoms with E-state index in [0.717, 1.165) is 24.1 Å². The number of carbonyl (C=O) groups is 2. The molecule has 2 aliphatic heterocycles. The van der Waals surface area contributed by atoms with Crippen LogP contribution in [0.4, 0.5) is 11.4 Å². The summed E-state index contributed by atoms with van der Waals surface area (Å²) in [6, 6.07) is 2.32. The monoisotopic (exact) mass is 290 g/mol. The molecule has 0 aromatic heterocycles. The molecule has 110 valence electrons. The molecule has 0 spiro atoms. The van der Waals surface area contributed by atoms with Gasteiger partial charge in [-0.05, 0) is 13.1 Å². The van der Waals surface area contributed by atoms with E-state index in [-0.39, 0.29) is 28.4 Å².